The van der Waals surface area contributed by atoms with E-state index in [0.29, 0.717) is 36.8 Å². The van der Waals surface area contributed by atoms with Crippen LogP contribution in [-0.2, 0) is 22.6 Å². The Morgan fingerprint density at radius 3 is 2.77 bits per heavy atom. The first-order valence-corrected chi connectivity index (χ1v) is 11.2. The zero-order valence-electron chi connectivity index (χ0n) is 17.5. The molecule has 12 heteroatoms. The fourth-order valence-corrected chi connectivity index (χ4v) is 4.64. The minimum absolute atomic E-state index is 0.0734. The highest BCUT2D eigenvalue weighted by molar-refractivity contribution is 7.17. The van der Waals surface area contributed by atoms with E-state index in [2.05, 4.69) is 20.3 Å². The van der Waals surface area contributed by atoms with Gasteiger partial charge in [-0.3, -0.25) is 4.79 Å². The zero-order chi connectivity index (χ0) is 22.5. The number of thiazole rings is 1. The molecule has 31 heavy (non-hydrogen) atoms. The first-order chi connectivity index (χ1) is 14.9. The Labute approximate surface area is 188 Å². The fourth-order valence-electron chi connectivity index (χ4n) is 3.38. The molecule has 0 aliphatic carbocycles. The standard InChI is InChI=1S/C19H25ClFN5O4S/c1-4-10-15(20)25-16(22-10)17(27)23-11-6-7-26(9-13(11)29-3)19-24-12(8-21)14(31-19)18(28)30-5-2/h11,13H,4-9H2,1-3H3,(H,22,25)(H,23,27)/t11-,13+/m1/s1. The second kappa shape index (κ2) is 10.4. The van der Waals surface area contributed by atoms with Crippen LogP contribution in [0.15, 0.2) is 0 Å². The number of hydrogen-bond acceptors (Lipinski definition) is 8. The molecular weight excluding hydrogens is 449 g/mol. The normalized spacial score (nSPS) is 18.8. The highest BCUT2D eigenvalue weighted by Gasteiger charge is 2.33. The number of esters is 1. The number of carbonyl (C=O) groups is 2. The predicted octanol–water partition coefficient (Wildman–Crippen LogP) is 2.75. The van der Waals surface area contributed by atoms with Crippen LogP contribution in [0.4, 0.5) is 9.52 Å². The van der Waals surface area contributed by atoms with E-state index in [4.69, 9.17) is 21.1 Å². The molecule has 0 unspecified atom stereocenters. The summed E-state index contributed by atoms with van der Waals surface area (Å²) < 4.78 is 23.9. The number of aromatic nitrogens is 3. The van der Waals surface area contributed by atoms with Crippen LogP contribution in [0.25, 0.3) is 0 Å². The summed E-state index contributed by atoms with van der Waals surface area (Å²) in [5, 5.41) is 3.75. The molecule has 1 amide bonds. The number of H-pyrrole nitrogens is 1. The molecule has 2 N–H and O–H groups in total. The third kappa shape index (κ3) is 5.16. The summed E-state index contributed by atoms with van der Waals surface area (Å²) in [5.41, 5.74) is 0.777. The molecular formula is C19H25ClFN5O4S. The zero-order valence-corrected chi connectivity index (χ0v) is 19.1. The summed E-state index contributed by atoms with van der Waals surface area (Å²) in [6.07, 6.45) is 0.872. The maximum absolute atomic E-state index is 13.4. The molecule has 0 spiro atoms. The smallest absolute Gasteiger partial charge is 0.350 e. The van der Waals surface area contributed by atoms with Crippen molar-refractivity contribution in [2.75, 3.05) is 31.7 Å². The van der Waals surface area contributed by atoms with Crippen molar-refractivity contribution in [3.8, 4) is 0 Å². The molecule has 3 rings (SSSR count). The molecule has 0 saturated carbocycles. The summed E-state index contributed by atoms with van der Waals surface area (Å²) in [4.78, 5) is 38.0. The van der Waals surface area contributed by atoms with Crippen LogP contribution in [0.3, 0.4) is 0 Å². The highest BCUT2D eigenvalue weighted by Crippen LogP contribution is 2.30. The average molecular weight is 474 g/mol. The molecule has 0 bridgehead atoms. The molecule has 1 saturated heterocycles. The lowest BCUT2D eigenvalue weighted by Gasteiger charge is -2.37. The number of halogens is 2. The third-order valence-corrected chi connectivity index (χ3v) is 6.47. The van der Waals surface area contributed by atoms with Gasteiger partial charge in [-0.25, -0.2) is 19.2 Å². The minimum atomic E-state index is -0.851. The van der Waals surface area contributed by atoms with Crippen molar-refractivity contribution < 1.29 is 23.5 Å². The first-order valence-electron chi connectivity index (χ1n) is 9.97. The van der Waals surface area contributed by atoms with E-state index in [1.165, 1.54) is 0 Å². The maximum Gasteiger partial charge on any atom is 0.350 e. The van der Waals surface area contributed by atoms with E-state index < -0.39 is 12.6 Å². The topological polar surface area (TPSA) is 109 Å². The lowest BCUT2D eigenvalue weighted by molar-refractivity contribution is 0.0529. The molecule has 2 aromatic rings. The number of hydrogen-bond donors (Lipinski definition) is 2. The van der Waals surface area contributed by atoms with Crippen molar-refractivity contribution in [1.82, 2.24) is 20.3 Å². The lowest BCUT2D eigenvalue weighted by Crippen LogP contribution is -2.55. The number of aryl methyl sites for hydroxylation is 1. The second-order valence-electron chi connectivity index (χ2n) is 6.92. The third-order valence-electron chi connectivity index (χ3n) is 5.02. The van der Waals surface area contributed by atoms with Crippen LogP contribution < -0.4 is 10.2 Å². The van der Waals surface area contributed by atoms with Gasteiger partial charge >= 0.3 is 5.97 Å². The molecule has 2 atom stereocenters. The van der Waals surface area contributed by atoms with Crippen molar-refractivity contribution in [3.05, 3.63) is 27.2 Å². The SMILES string of the molecule is CCOC(=O)c1sc(N2CC[C@@H](NC(=O)c3nc(Cl)c(CC)[nH]3)[C@@H](OC)C2)nc1CF. The second-order valence-corrected chi connectivity index (χ2v) is 8.26. The van der Waals surface area contributed by atoms with Gasteiger partial charge in [0.05, 0.1) is 30.1 Å². The Hall–Kier alpha value is -2.24. The van der Waals surface area contributed by atoms with E-state index in [9.17, 15) is 14.0 Å². The number of methoxy groups -OCH3 is 1. The maximum atomic E-state index is 13.4. The van der Waals surface area contributed by atoms with Crippen LogP contribution in [0.5, 0.6) is 0 Å². The molecule has 1 aliphatic rings. The van der Waals surface area contributed by atoms with Crippen LogP contribution in [-0.4, -0.2) is 65.8 Å². The van der Waals surface area contributed by atoms with Gasteiger partial charge in [0.1, 0.15) is 11.6 Å². The van der Waals surface area contributed by atoms with Gasteiger partial charge in [0, 0.05) is 20.2 Å². The molecule has 3 heterocycles. The molecule has 170 valence electrons. The van der Waals surface area contributed by atoms with Gasteiger partial charge in [0.15, 0.2) is 16.1 Å². The van der Waals surface area contributed by atoms with Gasteiger partial charge in [-0.1, -0.05) is 29.9 Å². The molecule has 0 aromatic carbocycles. The minimum Gasteiger partial charge on any atom is -0.462 e. The Bertz CT molecular complexity index is 937. The number of piperidine rings is 1. The van der Waals surface area contributed by atoms with Gasteiger partial charge < -0.3 is 24.7 Å². The predicted molar refractivity (Wildman–Crippen MR) is 115 cm³/mol. The van der Waals surface area contributed by atoms with E-state index >= 15 is 0 Å². The lowest BCUT2D eigenvalue weighted by atomic mass is 10.0. The number of imidazole rings is 1. The average Bonchev–Trinajstić information content (AvgIpc) is 3.37. The van der Waals surface area contributed by atoms with Gasteiger partial charge in [-0.15, -0.1) is 0 Å². The van der Waals surface area contributed by atoms with E-state index in [-0.39, 0.29) is 46.2 Å². The summed E-state index contributed by atoms with van der Waals surface area (Å²) in [6.45, 7) is 3.92. The molecule has 0 radical (unpaired) electrons. The Morgan fingerprint density at radius 1 is 1.39 bits per heavy atom. The van der Waals surface area contributed by atoms with E-state index in [0.717, 1.165) is 11.3 Å². The summed E-state index contributed by atoms with van der Waals surface area (Å²) >= 11 is 7.12. The number of rotatable bonds is 8. The van der Waals surface area contributed by atoms with Crippen molar-refractivity contribution in [3.63, 3.8) is 0 Å². The molecule has 1 fully saturated rings. The molecule has 1 aliphatic heterocycles. The molecule has 2 aromatic heterocycles. The van der Waals surface area contributed by atoms with Crippen molar-refractivity contribution >= 4 is 39.9 Å². The van der Waals surface area contributed by atoms with Crippen molar-refractivity contribution in [2.45, 2.75) is 45.5 Å². The monoisotopic (exact) mass is 473 g/mol. The quantitative estimate of drug-likeness (QED) is 0.567. The number of carbonyl (C=O) groups excluding carboxylic acids is 2. The number of nitrogens with one attached hydrogen (secondary N) is 2. The summed E-state index contributed by atoms with van der Waals surface area (Å²) in [7, 11) is 1.56. The Kier molecular flexibility index (Phi) is 7.84. The van der Waals surface area contributed by atoms with E-state index in [1.807, 2.05) is 11.8 Å². The summed E-state index contributed by atoms with van der Waals surface area (Å²) in [6, 6.07) is -0.257. The van der Waals surface area contributed by atoms with Gasteiger partial charge in [-0.05, 0) is 19.8 Å². The van der Waals surface area contributed by atoms with Gasteiger partial charge in [0.25, 0.3) is 5.91 Å². The summed E-state index contributed by atoms with van der Waals surface area (Å²) in [5.74, 6) is -0.778. The number of amides is 1. The number of alkyl halides is 1. The van der Waals surface area contributed by atoms with E-state index in [1.54, 1.807) is 14.0 Å². The Balaban J connectivity index is 1.69. The highest BCUT2D eigenvalue weighted by atomic mass is 35.5. The number of ether oxygens (including phenoxy) is 2. The van der Waals surface area contributed by atoms with Crippen molar-refractivity contribution in [1.29, 1.82) is 0 Å². The Morgan fingerprint density at radius 2 is 2.16 bits per heavy atom. The van der Waals surface area contributed by atoms with Gasteiger partial charge in [-0.2, -0.15) is 0 Å². The fraction of sp³-hybridized carbons (Fsp3) is 0.579. The first kappa shape index (κ1) is 23.4. The van der Waals surface area contributed by atoms with Crippen molar-refractivity contribution in [2.24, 2.45) is 0 Å². The van der Waals surface area contributed by atoms with Crippen LogP contribution >= 0.6 is 22.9 Å². The largest absolute Gasteiger partial charge is 0.462 e. The number of anilines is 1. The van der Waals surface area contributed by atoms with Crippen LogP contribution in [0.1, 0.15) is 51.9 Å². The van der Waals surface area contributed by atoms with Gasteiger partial charge in [0.2, 0.25) is 0 Å². The van der Waals surface area contributed by atoms with Crippen LogP contribution in [0, 0.1) is 0 Å². The number of aromatic amines is 1. The number of nitrogens with zero attached hydrogens (tertiary/aromatic N) is 3. The molecule has 9 nitrogen and oxygen atoms in total. The van der Waals surface area contributed by atoms with Crippen LogP contribution in [0.2, 0.25) is 5.15 Å².